The van der Waals surface area contributed by atoms with Gasteiger partial charge in [-0.05, 0) is 30.2 Å². The molecule has 20 heavy (non-hydrogen) atoms. The summed E-state index contributed by atoms with van der Waals surface area (Å²) >= 11 is 5.62. The molecule has 6 heteroatoms. The van der Waals surface area contributed by atoms with E-state index in [0.29, 0.717) is 12.3 Å². The maximum absolute atomic E-state index is 12.4. The molecule has 0 aliphatic heterocycles. The second-order valence-electron chi connectivity index (χ2n) is 4.54. The van der Waals surface area contributed by atoms with Gasteiger partial charge in [-0.1, -0.05) is 24.3 Å². The van der Waals surface area contributed by atoms with Crippen molar-refractivity contribution in [2.24, 2.45) is 0 Å². The third kappa shape index (κ3) is 3.06. The summed E-state index contributed by atoms with van der Waals surface area (Å²) in [5.74, 6) is 0.589. The third-order valence-corrected chi connectivity index (χ3v) is 5.03. The molecule has 4 nitrogen and oxygen atoms in total. The lowest BCUT2D eigenvalue weighted by molar-refractivity contribution is 0.393. The number of aryl methyl sites for hydroxylation is 1. The minimum Gasteiger partial charge on any atom is -0.447 e. The van der Waals surface area contributed by atoms with Gasteiger partial charge in [0.2, 0.25) is 5.09 Å². The predicted molar refractivity (Wildman–Crippen MR) is 78.1 cm³/mol. The molecule has 0 atom stereocenters. The smallest absolute Gasteiger partial charge is 0.276 e. The van der Waals surface area contributed by atoms with Crippen molar-refractivity contribution < 1.29 is 12.8 Å². The maximum atomic E-state index is 12.4. The van der Waals surface area contributed by atoms with Crippen LogP contribution < -0.4 is 0 Å². The number of sulfonamides is 1. The molecule has 1 heterocycles. The zero-order chi connectivity index (χ0) is 14.8. The van der Waals surface area contributed by atoms with Gasteiger partial charge in [-0.15, -0.1) is 11.6 Å². The molecule has 0 amide bonds. The number of hydrogen-bond acceptors (Lipinski definition) is 3. The Hall–Kier alpha value is -1.30. The van der Waals surface area contributed by atoms with Crippen LogP contribution in [0.5, 0.6) is 0 Å². The van der Waals surface area contributed by atoms with Gasteiger partial charge in [0.05, 0.1) is 5.88 Å². The first-order valence-corrected chi connectivity index (χ1v) is 8.08. The highest BCUT2D eigenvalue weighted by molar-refractivity contribution is 7.88. The van der Waals surface area contributed by atoms with Crippen LogP contribution in [0.4, 0.5) is 0 Å². The summed E-state index contributed by atoms with van der Waals surface area (Å²) < 4.78 is 31.2. The SMILES string of the molecule is Cc1ccccc1CN(C)S(=O)(=O)c1ccc(CCl)o1. The lowest BCUT2D eigenvalue weighted by atomic mass is 10.1. The number of hydrogen-bond donors (Lipinski definition) is 0. The quantitative estimate of drug-likeness (QED) is 0.797. The van der Waals surface area contributed by atoms with Crippen LogP contribution in [-0.2, 0) is 22.4 Å². The van der Waals surface area contributed by atoms with Gasteiger partial charge in [0.25, 0.3) is 10.0 Å². The molecule has 0 aliphatic rings. The summed E-state index contributed by atoms with van der Waals surface area (Å²) in [6.07, 6.45) is 0. The fraction of sp³-hybridized carbons (Fsp3) is 0.286. The Morgan fingerprint density at radius 3 is 2.50 bits per heavy atom. The van der Waals surface area contributed by atoms with Crippen LogP contribution >= 0.6 is 11.6 Å². The van der Waals surface area contributed by atoms with E-state index >= 15 is 0 Å². The van der Waals surface area contributed by atoms with E-state index in [0.717, 1.165) is 11.1 Å². The van der Waals surface area contributed by atoms with Crippen LogP contribution in [-0.4, -0.2) is 19.8 Å². The highest BCUT2D eigenvalue weighted by Gasteiger charge is 2.24. The summed E-state index contributed by atoms with van der Waals surface area (Å²) in [5.41, 5.74) is 2.01. The fourth-order valence-corrected chi connectivity index (χ4v) is 3.05. The molecule has 0 bridgehead atoms. The Morgan fingerprint density at radius 2 is 1.90 bits per heavy atom. The van der Waals surface area contributed by atoms with Gasteiger partial charge in [-0.25, -0.2) is 8.42 Å². The fourth-order valence-electron chi connectivity index (χ4n) is 1.83. The monoisotopic (exact) mass is 313 g/mol. The van der Waals surface area contributed by atoms with E-state index < -0.39 is 10.0 Å². The standard InChI is InChI=1S/C14H16ClNO3S/c1-11-5-3-4-6-12(11)10-16(2)20(17,18)14-8-7-13(9-15)19-14/h3-8H,9-10H2,1-2H3. The van der Waals surface area contributed by atoms with E-state index in [9.17, 15) is 8.42 Å². The van der Waals surface area contributed by atoms with Crippen molar-refractivity contribution in [3.8, 4) is 0 Å². The number of furan rings is 1. The zero-order valence-corrected chi connectivity index (χ0v) is 12.9. The molecule has 2 aromatic rings. The van der Waals surface area contributed by atoms with E-state index in [2.05, 4.69) is 0 Å². The topological polar surface area (TPSA) is 50.5 Å². The summed E-state index contributed by atoms with van der Waals surface area (Å²) in [6, 6.07) is 10.7. The Morgan fingerprint density at radius 1 is 1.20 bits per heavy atom. The van der Waals surface area contributed by atoms with Crippen LogP contribution in [0, 0.1) is 6.92 Å². The van der Waals surface area contributed by atoms with Crippen molar-refractivity contribution >= 4 is 21.6 Å². The van der Waals surface area contributed by atoms with Crippen molar-refractivity contribution in [3.63, 3.8) is 0 Å². The second-order valence-corrected chi connectivity index (χ2v) is 6.79. The van der Waals surface area contributed by atoms with Crippen molar-refractivity contribution in [1.29, 1.82) is 0 Å². The molecule has 108 valence electrons. The first-order valence-electron chi connectivity index (χ1n) is 6.10. The van der Waals surface area contributed by atoms with E-state index in [1.165, 1.54) is 17.4 Å². The predicted octanol–water partition coefficient (Wildman–Crippen LogP) is 3.15. The molecular weight excluding hydrogens is 298 g/mol. The second kappa shape index (κ2) is 5.99. The molecule has 2 rings (SSSR count). The van der Waals surface area contributed by atoms with Crippen LogP contribution in [0.1, 0.15) is 16.9 Å². The summed E-state index contributed by atoms with van der Waals surface area (Å²) in [4.78, 5) is 0. The van der Waals surface area contributed by atoms with E-state index in [1.807, 2.05) is 31.2 Å². The largest absolute Gasteiger partial charge is 0.447 e. The summed E-state index contributed by atoms with van der Waals surface area (Å²) in [5, 5.41) is -0.0794. The number of halogens is 1. The van der Waals surface area contributed by atoms with Gasteiger partial charge in [-0.2, -0.15) is 4.31 Å². The number of benzene rings is 1. The minimum absolute atomic E-state index is 0.0794. The lowest BCUT2D eigenvalue weighted by Crippen LogP contribution is -2.26. The first-order chi connectivity index (χ1) is 9.45. The molecule has 1 aromatic carbocycles. The Bertz CT molecular complexity index is 694. The van der Waals surface area contributed by atoms with Crippen LogP contribution in [0.25, 0.3) is 0 Å². The van der Waals surface area contributed by atoms with Crippen molar-refractivity contribution in [1.82, 2.24) is 4.31 Å². The molecule has 1 aromatic heterocycles. The average Bonchev–Trinajstić information content (AvgIpc) is 2.90. The van der Waals surface area contributed by atoms with Crippen molar-refractivity contribution in [2.45, 2.75) is 24.4 Å². The van der Waals surface area contributed by atoms with Gasteiger partial charge in [-0.3, -0.25) is 0 Å². The highest BCUT2D eigenvalue weighted by Crippen LogP contribution is 2.21. The van der Waals surface area contributed by atoms with Crippen LogP contribution in [0.3, 0.4) is 0 Å². The summed E-state index contributed by atoms with van der Waals surface area (Å²) in [7, 11) is -2.10. The Balaban J connectivity index is 2.23. The Kier molecular flexibility index (Phi) is 4.52. The molecule has 0 radical (unpaired) electrons. The molecule has 0 aliphatic carbocycles. The van der Waals surface area contributed by atoms with Gasteiger partial charge >= 0.3 is 0 Å². The minimum atomic E-state index is -3.64. The highest BCUT2D eigenvalue weighted by atomic mass is 35.5. The number of nitrogens with zero attached hydrogens (tertiary/aromatic N) is 1. The van der Waals surface area contributed by atoms with E-state index in [-0.39, 0.29) is 11.0 Å². The van der Waals surface area contributed by atoms with Gasteiger partial charge in [0.15, 0.2) is 0 Å². The number of rotatable bonds is 5. The molecular formula is C14H16ClNO3S. The summed E-state index contributed by atoms with van der Waals surface area (Å²) in [6.45, 7) is 2.25. The third-order valence-electron chi connectivity index (χ3n) is 3.09. The van der Waals surface area contributed by atoms with Crippen molar-refractivity contribution in [2.75, 3.05) is 7.05 Å². The maximum Gasteiger partial charge on any atom is 0.276 e. The Labute approximate surface area is 124 Å². The average molecular weight is 314 g/mol. The van der Waals surface area contributed by atoms with Crippen molar-refractivity contribution in [3.05, 3.63) is 53.3 Å². The van der Waals surface area contributed by atoms with Crippen LogP contribution in [0.15, 0.2) is 45.9 Å². The van der Waals surface area contributed by atoms with Gasteiger partial charge < -0.3 is 4.42 Å². The van der Waals surface area contributed by atoms with E-state index in [1.54, 1.807) is 6.07 Å². The van der Waals surface area contributed by atoms with Crippen LogP contribution in [0.2, 0.25) is 0 Å². The molecule has 0 fully saturated rings. The number of alkyl halides is 1. The first kappa shape index (κ1) is 15.1. The molecule has 0 saturated heterocycles. The van der Waals surface area contributed by atoms with E-state index in [4.69, 9.17) is 16.0 Å². The zero-order valence-electron chi connectivity index (χ0n) is 11.3. The lowest BCUT2D eigenvalue weighted by Gasteiger charge is -2.16. The van der Waals surface area contributed by atoms with Gasteiger partial charge in [0.1, 0.15) is 5.76 Å². The van der Waals surface area contributed by atoms with Gasteiger partial charge in [0, 0.05) is 13.6 Å². The molecule has 0 unspecified atom stereocenters. The molecule has 0 saturated carbocycles. The molecule has 0 N–H and O–H groups in total. The normalized spacial score (nSPS) is 12.0. The molecule has 0 spiro atoms.